The normalized spacial score (nSPS) is 11.8. The molecule has 10 rings (SSSR count). The topological polar surface area (TPSA) is 3.24 Å². The minimum Gasteiger partial charge on any atom is -0.310 e. The predicted octanol–water partition coefficient (Wildman–Crippen LogP) is 12.9. The summed E-state index contributed by atoms with van der Waals surface area (Å²) in [5, 5.41) is 2.52. The van der Waals surface area contributed by atoms with Crippen LogP contribution in [0.2, 0.25) is 0 Å². The molecule has 0 aromatic heterocycles. The predicted molar refractivity (Wildman–Crippen MR) is 198 cm³/mol. The minimum atomic E-state index is 1.13. The van der Waals surface area contributed by atoms with Gasteiger partial charge in [-0.25, -0.2) is 0 Å². The largest absolute Gasteiger partial charge is 0.310 e. The molecule has 0 saturated heterocycles. The third kappa shape index (κ3) is 3.90. The highest BCUT2D eigenvalue weighted by Crippen LogP contribution is 2.57. The molecule has 0 fully saturated rings. The fourth-order valence-electron chi connectivity index (χ4n) is 7.95. The van der Waals surface area contributed by atoms with Crippen LogP contribution in [0.15, 0.2) is 176 Å². The fourth-order valence-corrected chi connectivity index (χ4v) is 7.95. The zero-order valence-corrected chi connectivity index (χ0v) is 25.7. The van der Waals surface area contributed by atoms with Crippen molar-refractivity contribution in [3.63, 3.8) is 0 Å². The van der Waals surface area contributed by atoms with Gasteiger partial charge in [0.2, 0.25) is 0 Å². The van der Waals surface area contributed by atoms with E-state index in [1.807, 2.05) is 0 Å². The second-order valence-corrected chi connectivity index (χ2v) is 12.5. The number of hydrogen-bond acceptors (Lipinski definition) is 1. The van der Waals surface area contributed by atoms with Crippen LogP contribution >= 0.6 is 0 Å². The summed E-state index contributed by atoms with van der Waals surface area (Å²) < 4.78 is 0. The number of anilines is 3. The number of nitrogens with zero attached hydrogens (tertiary/aromatic N) is 1. The molecule has 1 nitrogen and oxygen atoms in total. The van der Waals surface area contributed by atoms with Gasteiger partial charge in [-0.2, -0.15) is 0 Å². The second kappa shape index (κ2) is 10.2. The summed E-state index contributed by atoms with van der Waals surface area (Å²) in [6.45, 7) is 0. The maximum atomic E-state index is 2.42. The van der Waals surface area contributed by atoms with E-state index in [9.17, 15) is 0 Å². The molecule has 6 bridgehead atoms. The lowest BCUT2D eigenvalue weighted by atomic mass is 9.83. The van der Waals surface area contributed by atoms with E-state index in [1.165, 1.54) is 77.5 Å². The molecule has 2 aliphatic carbocycles. The highest BCUT2D eigenvalue weighted by atomic mass is 15.1. The molecule has 218 valence electrons. The monoisotopic (exact) mass is 595 g/mol. The Morgan fingerprint density at radius 2 is 0.787 bits per heavy atom. The molecule has 8 aromatic carbocycles. The lowest BCUT2D eigenvalue weighted by Crippen LogP contribution is -2.10. The molecular weight excluding hydrogens is 567 g/mol. The number of hydrogen-bond donors (Lipinski definition) is 0. The Bertz CT molecular complexity index is 2500. The van der Waals surface area contributed by atoms with Crippen LogP contribution < -0.4 is 4.90 Å². The van der Waals surface area contributed by atoms with Crippen molar-refractivity contribution < 1.29 is 0 Å². The van der Waals surface area contributed by atoms with E-state index in [0.717, 1.165) is 17.1 Å². The van der Waals surface area contributed by atoms with Crippen molar-refractivity contribution in [1.29, 1.82) is 0 Å². The average Bonchev–Trinajstić information content (AvgIpc) is 3.25. The molecule has 8 aromatic rings. The number of para-hydroxylation sites is 1. The molecule has 0 heterocycles. The molecule has 0 N–H and O–H groups in total. The van der Waals surface area contributed by atoms with Crippen molar-refractivity contribution in [2.24, 2.45) is 0 Å². The molecule has 0 atom stereocenters. The molecule has 0 aliphatic heterocycles. The van der Waals surface area contributed by atoms with Gasteiger partial charge in [0.1, 0.15) is 0 Å². The van der Waals surface area contributed by atoms with Crippen molar-refractivity contribution in [3.05, 3.63) is 176 Å². The van der Waals surface area contributed by atoms with Crippen LogP contribution in [-0.4, -0.2) is 0 Å². The molecule has 2 aliphatic rings. The van der Waals surface area contributed by atoms with Crippen LogP contribution in [0.25, 0.3) is 77.5 Å². The Morgan fingerprint density at radius 1 is 0.277 bits per heavy atom. The number of fused-ring (bicyclic) bond motifs is 5. The Balaban J connectivity index is 1.22. The summed E-state index contributed by atoms with van der Waals surface area (Å²) in [7, 11) is 0. The Labute approximate surface area is 274 Å². The quantitative estimate of drug-likeness (QED) is 0.196. The smallest absolute Gasteiger partial charge is 0.0468 e. The van der Waals surface area contributed by atoms with Gasteiger partial charge in [-0.05, 0) is 114 Å². The van der Waals surface area contributed by atoms with E-state index in [4.69, 9.17) is 0 Å². The standard InChI is InChI=1S/C46H29N/c1-2-15-32(16-3-1)47(33-17-8-14-31(28-33)36-21-9-13-30-12-4-5-18-35(30)36)34-26-27-38-41-23-11-24-42-43-25-10-22-40(46(43)44(38)29-34)37-19-6-7-20-39(37)45(41)42/h1-29H. The first-order chi connectivity index (χ1) is 23.3. The van der Waals surface area contributed by atoms with Crippen molar-refractivity contribution in [2.75, 3.05) is 4.90 Å². The van der Waals surface area contributed by atoms with Gasteiger partial charge in [0.05, 0.1) is 0 Å². The highest BCUT2D eigenvalue weighted by molar-refractivity contribution is 6.15. The lowest BCUT2D eigenvalue weighted by Gasteiger charge is -2.28. The third-order valence-electron chi connectivity index (χ3n) is 9.95. The van der Waals surface area contributed by atoms with E-state index in [0.29, 0.717) is 0 Å². The number of rotatable bonds is 4. The maximum absolute atomic E-state index is 2.42. The zero-order valence-electron chi connectivity index (χ0n) is 25.7. The average molecular weight is 596 g/mol. The van der Waals surface area contributed by atoms with Gasteiger partial charge in [0.25, 0.3) is 0 Å². The van der Waals surface area contributed by atoms with E-state index < -0.39 is 0 Å². The molecule has 0 amide bonds. The third-order valence-corrected chi connectivity index (χ3v) is 9.95. The Kier molecular flexibility index (Phi) is 5.64. The van der Waals surface area contributed by atoms with E-state index >= 15 is 0 Å². The van der Waals surface area contributed by atoms with E-state index in [2.05, 4.69) is 181 Å². The van der Waals surface area contributed by atoms with Crippen LogP contribution in [0.1, 0.15) is 0 Å². The van der Waals surface area contributed by atoms with Crippen molar-refractivity contribution in [3.8, 4) is 66.8 Å². The van der Waals surface area contributed by atoms with Gasteiger partial charge in [0.15, 0.2) is 0 Å². The van der Waals surface area contributed by atoms with Gasteiger partial charge in [-0.15, -0.1) is 0 Å². The fraction of sp³-hybridized carbons (Fsp3) is 0. The van der Waals surface area contributed by atoms with Gasteiger partial charge in [-0.3, -0.25) is 0 Å². The molecule has 0 spiro atoms. The summed E-state index contributed by atoms with van der Waals surface area (Å²) in [6.07, 6.45) is 0. The summed E-state index contributed by atoms with van der Waals surface area (Å²) in [5.41, 5.74) is 18.8. The first kappa shape index (κ1) is 26.1. The minimum absolute atomic E-state index is 1.13. The van der Waals surface area contributed by atoms with E-state index in [-0.39, 0.29) is 0 Å². The van der Waals surface area contributed by atoms with Gasteiger partial charge in [0, 0.05) is 17.1 Å². The second-order valence-electron chi connectivity index (χ2n) is 12.5. The first-order valence-electron chi connectivity index (χ1n) is 16.3. The summed E-state index contributed by atoms with van der Waals surface area (Å²) >= 11 is 0. The maximum Gasteiger partial charge on any atom is 0.0468 e. The number of benzene rings is 8. The van der Waals surface area contributed by atoms with Crippen LogP contribution in [0, 0.1) is 0 Å². The van der Waals surface area contributed by atoms with Gasteiger partial charge >= 0.3 is 0 Å². The van der Waals surface area contributed by atoms with Crippen molar-refractivity contribution >= 4 is 27.8 Å². The van der Waals surface area contributed by atoms with Gasteiger partial charge < -0.3 is 4.90 Å². The van der Waals surface area contributed by atoms with Crippen molar-refractivity contribution in [2.45, 2.75) is 0 Å². The SMILES string of the molecule is c1ccc(N(c2cccc(-c3cccc4ccccc34)c2)c2ccc3c(c2)-c2c4cccc2-c2cccc-3c2-c2ccccc2-4)cc1. The lowest BCUT2D eigenvalue weighted by molar-refractivity contribution is 1.28. The van der Waals surface area contributed by atoms with Gasteiger partial charge in [-0.1, -0.05) is 140 Å². The van der Waals surface area contributed by atoms with Crippen LogP contribution in [0.3, 0.4) is 0 Å². The Morgan fingerprint density at radius 3 is 1.60 bits per heavy atom. The molecule has 0 unspecified atom stereocenters. The highest BCUT2D eigenvalue weighted by Gasteiger charge is 2.31. The summed E-state index contributed by atoms with van der Waals surface area (Å²) in [6, 6.07) is 64.6. The summed E-state index contributed by atoms with van der Waals surface area (Å²) in [4.78, 5) is 2.40. The molecule has 1 heteroatoms. The molecular formula is C46H29N. The van der Waals surface area contributed by atoms with Crippen molar-refractivity contribution in [1.82, 2.24) is 0 Å². The first-order valence-corrected chi connectivity index (χ1v) is 16.3. The Hall–Kier alpha value is -6.18. The molecule has 47 heavy (non-hydrogen) atoms. The summed E-state index contributed by atoms with van der Waals surface area (Å²) in [5.74, 6) is 0. The molecule has 0 saturated carbocycles. The van der Waals surface area contributed by atoms with Crippen LogP contribution in [0.5, 0.6) is 0 Å². The van der Waals surface area contributed by atoms with E-state index in [1.54, 1.807) is 0 Å². The molecule has 0 radical (unpaired) electrons. The van der Waals surface area contributed by atoms with Crippen LogP contribution in [-0.2, 0) is 0 Å². The zero-order chi connectivity index (χ0) is 30.9. The van der Waals surface area contributed by atoms with Crippen LogP contribution in [0.4, 0.5) is 17.1 Å².